The van der Waals surface area contributed by atoms with E-state index in [-0.39, 0.29) is 0 Å². The molecule has 0 bridgehead atoms. The number of aryl methyl sites for hydroxylation is 1. The van der Waals surface area contributed by atoms with Gasteiger partial charge in [-0.25, -0.2) is 0 Å². The van der Waals surface area contributed by atoms with E-state index in [4.69, 9.17) is 0 Å². The minimum atomic E-state index is 1.16. The first-order chi connectivity index (χ1) is 5.83. The van der Waals surface area contributed by atoms with Crippen molar-refractivity contribution in [1.82, 2.24) is 0 Å². The predicted molar refractivity (Wildman–Crippen MR) is 57.1 cm³/mol. The van der Waals surface area contributed by atoms with Crippen LogP contribution in [-0.4, -0.2) is 0 Å². The second-order valence-corrected chi connectivity index (χ2v) is 3.78. The van der Waals surface area contributed by atoms with Crippen LogP contribution in [0, 0.1) is 6.42 Å². The molecular formula is C11H14Br. The first kappa shape index (κ1) is 9.79. The van der Waals surface area contributed by atoms with Gasteiger partial charge in [0.15, 0.2) is 0 Å². The molecule has 0 spiro atoms. The second kappa shape index (κ2) is 5.36. The fourth-order valence-corrected chi connectivity index (χ4v) is 1.39. The van der Waals surface area contributed by atoms with Crippen LogP contribution in [0.4, 0.5) is 0 Å². The van der Waals surface area contributed by atoms with Crippen LogP contribution >= 0.6 is 15.9 Å². The van der Waals surface area contributed by atoms with E-state index < -0.39 is 0 Å². The van der Waals surface area contributed by atoms with E-state index in [0.717, 1.165) is 4.47 Å². The lowest BCUT2D eigenvalue weighted by molar-refractivity contribution is 0.878. The summed E-state index contributed by atoms with van der Waals surface area (Å²) < 4.78 is 1.16. The van der Waals surface area contributed by atoms with Crippen LogP contribution in [0.15, 0.2) is 28.7 Å². The lowest BCUT2D eigenvalue weighted by Gasteiger charge is -1.99. The Balaban J connectivity index is 2.37. The Morgan fingerprint density at radius 2 is 1.92 bits per heavy atom. The smallest absolute Gasteiger partial charge is 0.0175 e. The van der Waals surface area contributed by atoms with E-state index in [1.165, 1.54) is 24.8 Å². The van der Waals surface area contributed by atoms with Gasteiger partial charge in [0.1, 0.15) is 0 Å². The molecule has 1 heteroatoms. The van der Waals surface area contributed by atoms with Crippen LogP contribution in [0.1, 0.15) is 25.3 Å². The summed E-state index contributed by atoms with van der Waals surface area (Å²) in [6, 6.07) is 8.55. The number of benzene rings is 1. The molecular weight excluding hydrogens is 212 g/mol. The van der Waals surface area contributed by atoms with E-state index >= 15 is 0 Å². The summed E-state index contributed by atoms with van der Waals surface area (Å²) in [6.07, 6.45) is 5.86. The largest absolute Gasteiger partial charge is 0.0651 e. The Hall–Kier alpha value is -0.300. The van der Waals surface area contributed by atoms with Gasteiger partial charge in [0, 0.05) is 4.47 Å². The van der Waals surface area contributed by atoms with Crippen molar-refractivity contribution in [2.75, 3.05) is 0 Å². The second-order valence-electron chi connectivity index (χ2n) is 2.86. The number of halogens is 1. The van der Waals surface area contributed by atoms with Crippen LogP contribution in [0.5, 0.6) is 0 Å². The molecule has 0 N–H and O–H groups in total. The molecule has 0 aromatic heterocycles. The molecule has 0 atom stereocenters. The Morgan fingerprint density at radius 3 is 2.50 bits per heavy atom. The van der Waals surface area contributed by atoms with Gasteiger partial charge in [-0.2, -0.15) is 0 Å². The highest BCUT2D eigenvalue weighted by molar-refractivity contribution is 9.10. The van der Waals surface area contributed by atoms with Crippen molar-refractivity contribution in [1.29, 1.82) is 0 Å². The Bertz CT molecular complexity index is 213. The summed E-state index contributed by atoms with van der Waals surface area (Å²) in [6.45, 7) is 2.18. The van der Waals surface area contributed by atoms with Gasteiger partial charge in [0.25, 0.3) is 0 Å². The molecule has 0 amide bonds. The van der Waals surface area contributed by atoms with Crippen LogP contribution in [0.25, 0.3) is 0 Å². The maximum absolute atomic E-state index is 3.42. The third-order valence-electron chi connectivity index (χ3n) is 1.84. The summed E-state index contributed by atoms with van der Waals surface area (Å²) in [5, 5.41) is 0. The van der Waals surface area contributed by atoms with Crippen molar-refractivity contribution in [2.24, 2.45) is 0 Å². The molecule has 12 heavy (non-hydrogen) atoms. The quantitative estimate of drug-likeness (QED) is 0.681. The van der Waals surface area contributed by atoms with Gasteiger partial charge in [-0.3, -0.25) is 0 Å². The van der Waals surface area contributed by atoms with Crippen LogP contribution in [0.2, 0.25) is 0 Å². The van der Waals surface area contributed by atoms with Crippen LogP contribution < -0.4 is 0 Å². The van der Waals surface area contributed by atoms with Crippen molar-refractivity contribution in [3.63, 3.8) is 0 Å². The molecule has 0 aliphatic rings. The molecule has 1 rings (SSSR count). The lowest BCUT2D eigenvalue weighted by atomic mass is 10.1. The SMILES string of the molecule is CC[CH]CCc1ccc(Br)cc1. The molecule has 0 saturated carbocycles. The minimum absolute atomic E-state index is 1.16. The summed E-state index contributed by atoms with van der Waals surface area (Å²) in [4.78, 5) is 0. The fourth-order valence-electron chi connectivity index (χ4n) is 1.12. The van der Waals surface area contributed by atoms with Gasteiger partial charge in [-0.05, 0) is 37.0 Å². The van der Waals surface area contributed by atoms with E-state index in [2.05, 4.69) is 53.5 Å². The third kappa shape index (κ3) is 3.40. The topological polar surface area (TPSA) is 0 Å². The zero-order valence-corrected chi connectivity index (χ0v) is 8.97. The molecule has 65 valence electrons. The molecule has 0 unspecified atom stereocenters. The van der Waals surface area contributed by atoms with Crippen molar-refractivity contribution in [3.05, 3.63) is 40.7 Å². The summed E-state index contributed by atoms with van der Waals surface area (Å²) >= 11 is 3.42. The molecule has 0 saturated heterocycles. The molecule has 1 aromatic rings. The fraction of sp³-hybridized carbons (Fsp3) is 0.364. The highest BCUT2D eigenvalue weighted by atomic mass is 79.9. The molecule has 0 aliphatic carbocycles. The van der Waals surface area contributed by atoms with E-state index in [1.807, 2.05) is 0 Å². The maximum atomic E-state index is 3.42. The summed E-state index contributed by atoms with van der Waals surface area (Å²) in [5.74, 6) is 0. The van der Waals surface area contributed by atoms with Crippen molar-refractivity contribution in [2.45, 2.75) is 26.2 Å². The lowest BCUT2D eigenvalue weighted by Crippen LogP contribution is -1.84. The third-order valence-corrected chi connectivity index (χ3v) is 2.37. The maximum Gasteiger partial charge on any atom is 0.0175 e. The zero-order chi connectivity index (χ0) is 8.81. The predicted octanol–water partition coefficient (Wildman–Crippen LogP) is 4.00. The highest BCUT2D eigenvalue weighted by Crippen LogP contribution is 2.12. The number of unbranched alkanes of at least 4 members (excludes halogenated alkanes) is 2. The Kier molecular flexibility index (Phi) is 4.37. The summed E-state index contributed by atoms with van der Waals surface area (Å²) in [5.41, 5.74) is 1.42. The minimum Gasteiger partial charge on any atom is -0.0651 e. The van der Waals surface area contributed by atoms with Gasteiger partial charge >= 0.3 is 0 Å². The van der Waals surface area contributed by atoms with Crippen LogP contribution in [-0.2, 0) is 6.42 Å². The molecule has 1 radical (unpaired) electrons. The highest BCUT2D eigenvalue weighted by Gasteiger charge is 1.92. The average molecular weight is 226 g/mol. The van der Waals surface area contributed by atoms with E-state index in [9.17, 15) is 0 Å². The Labute approximate surface area is 83.1 Å². The van der Waals surface area contributed by atoms with Crippen molar-refractivity contribution in [3.8, 4) is 0 Å². The van der Waals surface area contributed by atoms with Gasteiger partial charge < -0.3 is 0 Å². The van der Waals surface area contributed by atoms with Gasteiger partial charge in [-0.1, -0.05) is 41.4 Å². The normalized spacial score (nSPS) is 10.2. The van der Waals surface area contributed by atoms with Crippen LogP contribution in [0.3, 0.4) is 0 Å². The number of hydrogen-bond donors (Lipinski definition) is 0. The molecule has 0 nitrogen and oxygen atoms in total. The number of rotatable bonds is 4. The Morgan fingerprint density at radius 1 is 1.25 bits per heavy atom. The zero-order valence-electron chi connectivity index (χ0n) is 7.39. The van der Waals surface area contributed by atoms with Crippen molar-refractivity contribution < 1.29 is 0 Å². The van der Waals surface area contributed by atoms with E-state index in [0.29, 0.717) is 0 Å². The molecule has 0 fully saturated rings. The van der Waals surface area contributed by atoms with Crippen molar-refractivity contribution >= 4 is 15.9 Å². The molecule has 0 heterocycles. The van der Waals surface area contributed by atoms with Gasteiger partial charge in [-0.15, -0.1) is 0 Å². The average Bonchev–Trinajstić information content (AvgIpc) is 2.09. The van der Waals surface area contributed by atoms with Gasteiger partial charge in [0.2, 0.25) is 0 Å². The first-order valence-electron chi connectivity index (χ1n) is 4.39. The monoisotopic (exact) mass is 225 g/mol. The van der Waals surface area contributed by atoms with Gasteiger partial charge in [0.05, 0.1) is 0 Å². The number of hydrogen-bond acceptors (Lipinski definition) is 0. The molecule has 0 aliphatic heterocycles. The van der Waals surface area contributed by atoms with E-state index in [1.54, 1.807) is 0 Å². The first-order valence-corrected chi connectivity index (χ1v) is 5.18. The summed E-state index contributed by atoms with van der Waals surface area (Å²) in [7, 11) is 0. The molecule has 1 aromatic carbocycles. The standard InChI is InChI=1S/C11H14Br/c1-2-3-4-5-10-6-8-11(12)9-7-10/h3,6-9H,2,4-5H2,1H3.